The first kappa shape index (κ1) is 14.3. The molecule has 0 aliphatic rings. The van der Waals surface area contributed by atoms with Crippen molar-refractivity contribution in [3.8, 4) is 0 Å². The molecule has 6 heteroatoms. The van der Waals surface area contributed by atoms with Crippen LogP contribution in [0.3, 0.4) is 0 Å². The molecule has 0 N–H and O–H groups in total. The third-order valence-corrected chi connectivity index (χ3v) is 3.66. The zero-order chi connectivity index (χ0) is 15.4. The SMILES string of the molecule is Cc1ccc(Cn2ccccc2=NC(=O)c2cnsn2)cc1. The van der Waals surface area contributed by atoms with Crippen molar-refractivity contribution < 1.29 is 4.79 Å². The van der Waals surface area contributed by atoms with E-state index in [1.165, 1.54) is 11.8 Å². The zero-order valence-electron chi connectivity index (χ0n) is 12.0. The largest absolute Gasteiger partial charge is 0.328 e. The number of pyridine rings is 1. The number of hydrogen-bond acceptors (Lipinski definition) is 4. The summed E-state index contributed by atoms with van der Waals surface area (Å²) in [6.45, 7) is 2.71. The van der Waals surface area contributed by atoms with Gasteiger partial charge in [-0.2, -0.15) is 13.7 Å². The summed E-state index contributed by atoms with van der Waals surface area (Å²) in [5.41, 5.74) is 3.25. The van der Waals surface area contributed by atoms with E-state index in [1.54, 1.807) is 0 Å². The number of carbonyl (C=O) groups is 1. The monoisotopic (exact) mass is 310 g/mol. The van der Waals surface area contributed by atoms with Crippen LogP contribution < -0.4 is 5.49 Å². The fourth-order valence-corrected chi connectivity index (χ4v) is 2.42. The van der Waals surface area contributed by atoms with Gasteiger partial charge in [0, 0.05) is 12.7 Å². The molecule has 5 nitrogen and oxygen atoms in total. The van der Waals surface area contributed by atoms with Gasteiger partial charge in [-0.05, 0) is 24.6 Å². The summed E-state index contributed by atoms with van der Waals surface area (Å²) < 4.78 is 9.67. The molecular formula is C16H14N4OS. The Balaban J connectivity index is 1.93. The van der Waals surface area contributed by atoms with Gasteiger partial charge >= 0.3 is 0 Å². The topological polar surface area (TPSA) is 60.1 Å². The molecule has 0 saturated heterocycles. The predicted octanol–water partition coefficient (Wildman–Crippen LogP) is 2.44. The summed E-state index contributed by atoms with van der Waals surface area (Å²) >= 11 is 0.999. The molecular weight excluding hydrogens is 296 g/mol. The van der Waals surface area contributed by atoms with Gasteiger partial charge in [-0.3, -0.25) is 4.79 Å². The van der Waals surface area contributed by atoms with Crippen molar-refractivity contribution in [2.45, 2.75) is 13.5 Å². The fraction of sp³-hybridized carbons (Fsp3) is 0.125. The summed E-state index contributed by atoms with van der Waals surface area (Å²) in [5, 5.41) is 0. The molecule has 1 aromatic carbocycles. The van der Waals surface area contributed by atoms with Crippen molar-refractivity contribution in [3.63, 3.8) is 0 Å². The molecule has 0 saturated carbocycles. The van der Waals surface area contributed by atoms with E-state index in [0.29, 0.717) is 12.0 Å². The Labute approximate surface area is 131 Å². The first-order valence-corrected chi connectivity index (χ1v) is 7.53. The van der Waals surface area contributed by atoms with Gasteiger partial charge in [0.15, 0.2) is 5.69 Å². The lowest BCUT2D eigenvalue weighted by atomic mass is 10.1. The number of aryl methyl sites for hydroxylation is 1. The van der Waals surface area contributed by atoms with Crippen LogP contribution in [0, 0.1) is 6.92 Å². The van der Waals surface area contributed by atoms with Crippen molar-refractivity contribution in [3.05, 3.63) is 77.2 Å². The molecule has 0 atom stereocenters. The highest BCUT2D eigenvalue weighted by molar-refractivity contribution is 6.99. The molecule has 2 heterocycles. The third-order valence-electron chi connectivity index (χ3n) is 3.19. The second-order valence-electron chi connectivity index (χ2n) is 4.88. The Morgan fingerprint density at radius 1 is 1.23 bits per heavy atom. The molecule has 0 aliphatic heterocycles. The van der Waals surface area contributed by atoms with E-state index in [1.807, 2.05) is 29.0 Å². The lowest BCUT2D eigenvalue weighted by Gasteiger charge is -2.07. The van der Waals surface area contributed by atoms with Gasteiger partial charge in [-0.25, -0.2) is 0 Å². The summed E-state index contributed by atoms with van der Waals surface area (Å²) in [7, 11) is 0. The summed E-state index contributed by atoms with van der Waals surface area (Å²) in [6.07, 6.45) is 3.34. The van der Waals surface area contributed by atoms with Crippen molar-refractivity contribution in [2.24, 2.45) is 4.99 Å². The summed E-state index contributed by atoms with van der Waals surface area (Å²) in [5.74, 6) is -0.377. The molecule has 110 valence electrons. The van der Waals surface area contributed by atoms with Gasteiger partial charge in [-0.1, -0.05) is 35.9 Å². The van der Waals surface area contributed by atoms with Gasteiger partial charge in [-0.15, -0.1) is 0 Å². The number of benzene rings is 1. The smallest absolute Gasteiger partial charge is 0.300 e. The van der Waals surface area contributed by atoms with Crippen molar-refractivity contribution >= 4 is 17.6 Å². The predicted molar refractivity (Wildman–Crippen MR) is 84.5 cm³/mol. The van der Waals surface area contributed by atoms with E-state index in [9.17, 15) is 4.79 Å². The number of amides is 1. The van der Waals surface area contributed by atoms with E-state index >= 15 is 0 Å². The lowest BCUT2D eigenvalue weighted by molar-refractivity contribution is 0.0993. The Bertz CT molecular complexity index is 835. The molecule has 2 aromatic heterocycles. The number of rotatable bonds is 3. The number of nitrogens with zero attached hydrogens (tertiary/aromatic N) is 4. The Kier molecular flexibility index (Phi) is 4.20. The summed E-state index contributed by atoms with van der Waals surface area (Å²) in [6, 6.07) is 13.9. The van der Waals surface area contributed by atoms with E-state index in [2.05, 4.69) is 44.9 Å². The Hall–Kier alpha value is -2.60. The minimum Gasteiger partial charge on any atom is -0.328 e. The van der Waals surface area contributed by atoms with Crippen LogP contribution in [-0.2, 0) is 6.54 Å². The van der Waals surface area contributed by atoms with Crippen LogP contribution in [0.4, 0.5) is 0 Å². The van der Waals surface area contributed by atoms with E-state index in [0.717, 1.165) is 17.3 Å². The molecule has 0 radical (unpaired) electrons. The molecule has 0 spiro atoms. The highest BCUT2D eigenvalue weighted by Gasteiger charge is 2.07. The Morgan fingerprint density at radius 2 is 2.05 bits per heavy atom. The number of carbonyl (C=O) groups excluding carboxylic acids is 1. The van der Waals surface area contributed by atoms with Crippen molar-refractivity contribution in [1.82, 2.24) is 13.3 Å². The lowest BCUT2D eigenvalue weighted by Crippen LogP contribution is -2.22. The van der Waals surface area contributed by atoms with Crippen LogP contribution in [0.15, 0.2) is 59.9 Å². The van der Waals surface area contributed by atoms with E-state index < -0.39 is 0 Å². The zero-order valence-corrected chi connectivity index (χ0v) is 12.8. The third kappa shape index (κ3) is 3.35. The fourth-order valence-electron chi connectivity index (χ4n) is 2.01. The average molecular weight is 310 g/mol. The van der Waals surface area contributed by atoms with E-state index in [4.69, 9.17) is 0 Å². The molecule has 3 rings (SSSR count). The van der Waals surface area contributed by atoms with Gasteiger partial charge in [0.1, 0.15) is 5.49 Å². The standard InChI is InChI=1S/C16H14N4OS/c1-12-5-7-13(8-6-12)11-20-9-3-2-4-15(20)18-16(21)14-10-17-22-19-14/h2-10H,11H2,1H3. The van der Waals surface area contributed by atoms with Crippen molar-refractivity contribution in [1.29, 1.82) is 0 Å². The first-order chi connectivity index (χ1) is 10.7. The van der Waals surface area contributed by atoms with Crippen LogP contribution in [0.5, 0.6) is 0 Å². The molecule has 3 aromatic rings. The molecule has 0 unspecified atom stereocenters. The second kappa shape index (κ2) is 6.44. The summed E-state index contributed by atoms with van der Waals surface area (Å²) in [4.78, 5) is 16.2. The minimum atomic E-state index is -0.377. The Morgan fingerprint density at radius 3 is 2.77 bits per heavy atom. The highest BCUT2D eigenvalue weighted by Crippen LogP contribution is 2.04. The van der Waals surface area contributed by atoms with Crippen LogP contribution in [0.1, 0.15) is 21.6 Å². The van der Waals surface area contributed by atoms with Gasteiger partial charge in [0.2, 0.25) is 0 Å². The van der Waals surface area contributed by atoms with Gasteiger partial charge < -0.3 is 4.57 Å². The van der Waals surface area contributed by atoms with Crippen LogP contribution >= 0.6 is 11.7 Å². The number of hydrogen-bond donors (Lipinski definition) is 0. The molecule has 0 fully saturated rings. The molecule has 0 bridgehead atoms. The minimum absolute atomic E-state index is 0.274. The number of aromatic nitrogens is 3. The average Bonchev–Trinajstić information content (AvgIpc) is 3.06. The highest BCUT2D eigenvalue weighted by atomic mass is 32.1. The molecule has 0 aliphatic carbocycles. The maximum atomic E-state index is 12.0. The molecule has 22 heavy (non-hydrogen) atoms. The van der Waals surface area contributed by atoms with E-state index in [-0.39, 0.29) is 11.6 Å². The maximum absolute atomic E-state index is 12.0. The van der Waals surface area contributed by atoms with Crippen LogP contribution in [-0.4, -0.2) is 19.2 Å². The normalized spacial score (nSPS) is 11.6. The maximum Gasteiger partial charge on any atom is 0.300 e. The second-order valence-corrected chi connectivity index (χ2v) is 5.44. The first-order valence-electron chi connectivity index (χ1n) is 6.80. The molecule has 1 amide bonds. The van der Waals surface area contributed by atoms with Gasteiger partial charge in [0.05, 0.1) is 17.9 Å². The van der Waals surface area contributed by atoms with Gasteiger partial charge in [0.25, 0.3) is 5.91 Å². The van der Waals surface area contributed by atoms with Crippen LogP contribution in [0.25, 0.3) is 0 Å². The quantitative estimate of drug-likeness (QED) is 0.746. The van der Waals surface area contributed by atoms with Crippen LogP contribution in [0.2, 0.25) is 0 Å². The van der Waals surface area contributed by atoms with Crippen molar-refractivity contribution in [2.75, 3.05) is 0 Å².